The Hall–Kier alpha value is -1.39. The zero-order valence-electron chi connectivity index (χ0n) is 8.28. The van der Waals surface area contributed by atoms with Crippen molar-refractivity contribution in [3.63, 3.8) is 0 Å². The van der Waals surface area contributed by atoms with Crippen LogP contribution in [0.1, 0.15) is 5.56 Å². The molecular weight excluding hydrogens is 246 g/mol. The molecule has 0 saturated heterocycles. The van der Waals surface area contributed by atoms with Crippen LogP contribution in [-0.2, 0) is 0 Å². The van der Waals surface area contributed by atoms with Gasteiger partial charge in [-0.05, 0) is 25.1 Å². The minimum absolute atomic E-state index is 0.319. The monoisotopic (exact) mass is 251 g/mol. The van der Waals surface area contributed by atoms with Crippen LogP contribution in [0, 0.1) is 6.92 Å². The van der Waals surface area contributed by atoms with Gasteiger partial charge in [0.15, 0.2) is 0 Å². The van der Waals surface area contributed by atoms with Crippen LogP contribution in [0.25, 0.3) is 21.0 Å². The number of fused-ring (bicyclic) bond motifs is 2. The number of nitrogens with zero attached hydrogens (tertiary/aromatic N) is 1. The van der Waals surface area contributed by atoms with E-state index in [4.69, 9.17) is 16.0 Å². The van der Waals surface area contributed by atoms with Crippen LogP contribution in [0.15, 0.2) is 27.4 Å². The fourth-order valence-corrected chi connectivity index (χ4v) is 2.68. The number of halogens is 1. The molecule has 2 heterocycles. The van der Waals surface area contributed by atoms with Gasteiger partial charge in [-0.1, -0.05) is 11.6 Å². The summed E-state index contributed by atoms with van der Waals surface area (Å²) in [6.07, 6.45) is 0. The first kappa shape index (κ1) is 9.81. The summed E-state index contributed by atoms with van der Waals surface area (Å²) in [4.78, 5) is 16.4. The first-order valence-electron chi connectivity index (χ1n) is 4.64. The van der Waals surface area contributed by atoms with Gasteiger partial charge < -0.3 is 4.42 Å². The largest absolute Gasteiger partial charge is 0.402 e. The number of furan rings is 1. The molecule has 0 spiro atoms. The van der Waals surface area contributed by atoms with Crippen molar-refractivity contribution in [2.24, 2.45) is 0 Å². The first-order chi connectivity index (χ1) is 7.65. The van der Waals surface area contributed by atoms with Crippen molar-refractivity contribution < 1.29 is 4.42 Å². The Morgan fingerprint density at radius 1 is 1.44 bits per heavy atom. The zero-order valence-corrected chi connectivity index (χ0v) is 9.85. The highest BCUT2D eigenvalue weighted by atomic mass is 35.5. The van der Waals surface area contributed by atoms with Crippen molar-refractivity contribution >= 4 is 33.2 Å². The van der Waals surface area contributed by atoms with Crippen molar-refractivity contribution in [2.45, 2.75) is 6.92 Å². The molecular formula is C11H6ClNO2S. The second-order valence-electron chi connectivity index (χ2n) is 3.47. The van der Waals surface area contributed by atoms with Gasteiger partial charge >= 0.3 is 5.63 Å². The molecule has 1 aromatic rings. The topological polar surface area (TPSA) is 43.1 Å². The average molecular weight is 252 g/mol. The van der Waals surface area contributed by atoms with Gasteiger partial charge in [-0.15, -0.1) is 11.3 Å². The molecule has 16 heavy (non-hydrogen) atoms. The minimum Gasteiger partial charge on any atom is -0.402 e. The third kappa shape index (κ3) is 1.34. The Bertz CT molecular complexity index is 716. The number of rotatable bonds is 0. The summed E-state index contributed by atoms with van der Waals surface area (Å²) in [5.41, 5.74) is 1.04. The Morgan fingerprint density at radius 2 is 2.25 bits per heavy atom. The molecule has 3 rings (SSSR count). The van der Waals surface area contributed by atoms with Crippen LogP contribution in [0.3, 0.4) is 0 Å². The van der Waals surface area contributed by atoms with Crippen LogP contribution in [0.4, 0.5) is 0 Å². The van der Waals surface area contributed by atoms with E-state index in [9.17, 15) is 4.79 Å². The Balaban J connectivity index is 2.49. The molecule has 2 aliphatic rings. The standard InChI is InChI=1S/C11H6ClNO2S/c1-5-9-10(15-11(5)14)13-7-4-6(12)2-3-8(7)16-9/h2-4H,1H3. The van der Waals surface area contributed by atoms with Gasteiger partial charge in [-0.25, -0.2) is 9.78 Å². The molecule has 0 saturated carbocycles. The molecule has 0 bridgehead atoms. The number of hydrogen-bond donors (Lipinski definition) is 0. The van der Waals surface area contributed by atoms with Crippen molar-refractivity contribution in [1.82, 2.24) is 4.98 Å². The van der Waals surface area contributed by atoms with Gasteiger partial charge in [-0.2, -0.15) is 0 Å². The molecule has 0 radical (unpaired) electrons. The third-order valence-electron chi connectivity index (χ3n) is 2.39. The average Bonchev–Trinajstić information content (AvgIpc) is 2.52. The lowest BCUT2D eigenvalue weighted by Crippen LogP contribution is -1.93. The maximum atomic E-state index is 11.4. The van der Waals surface area contributed by atoms with Gasteiger partial charge in [-0.3, -0.25) is 0 Å². The van der Waals surface area contributed by atoms with Crippen LogP contribution in [0.5, 0.6) is 0 Å². The molecule has 0 aromatic heterocycles. The number of benzene rings is 1. The predicted molar refractivity (Wildman–Crippen MR) is 64.5 cm³/mol. The second kappa shape index (κ2) is 3.30. The molecule has 0 amide bonds. The summed E-state index contributed by atoms with van der Waals surface area (Å²) in [5.74, 6) is 0.391. The number of aromatic nitrogens is 1. The molecule has 3 nitrogen and oxygen atoms in total. The van der Waals surface area contributed by atoms with Crippen molar-refractivity contribution in [3.8, 4) is 10.8 Å². The maximum absolute atomic E-state index is 11.4. The fourth-order valence-electron chi connectivity index (χ4n) is 1.54. The summed E-state index contributed by atoms with van der Waals surface area (Å²) in [5, 5.41) is 0.622. The van der Waals surface area contributed by atoms with Gasteiger partial charge in [0.2, 0.25) is 5.89 Å². The van der Waals surface area contributed by atoms with Crippen LogP contribution >= 0.6 is 22.9 Å². The van der Waals surface area contributed by atoms with E-state index >= 15 is 0 Å². The van der Waals surface area contributed by atoms with E-state index in [1.54, 1.807) is 19.1 Å². The summed E-state index contributed by atoms with van der Waals surface area (Å²) in [6, 6.07) is 5.46. The van der Waals surface area contributed by atoms with E-state index in [0.29, 0.717) is 16.5 Å². The lowest BCUT2D eigenvalue weighted by molar-refractivity contribution is 0.530. The maximum Gasteiger partial charge on any atom is 0.342 e. The molecule has 2 aliphatic heterocycles. The van der Waals surface area contributed by atoms with E-state index in [0.717, 1.165) is 15.1 Å². The molecule has 5 heteroatoms. The Labute approximate surface area is 99.6 Å². The van der Waals surface area contributed by atoms with Crippen molar-refractivity contribution in [3.05, 3.63) is 39.2 Å². The first-order valence-corrected chi connectivity index (χ1v) is 5.84. The summed E-state index contributed by atoms with van der Waals surface area (Å²) >= 11 is 7.37. The summed E-state index contributed by atoms with van der Waals surface area (Å²) in [6.45, 7) is 1.74. The SMILES string of the molecule is Cc1c2sc3ccc(Cl)cc3nc-2oc1=O. The third-order valence-corrected chi connectivity index (χ3v) is 3.87. The van der Waals surface area contributed by atoms with Crippen LogP contribution < -0.4 is 5.63 Å². The van der Waals surface area contributed by atoms with Gasteiger partial charge in [0.1, 0.15) is 4.88 Å². The predicted octanol–water partition coefficient (Wildman–Crippen LogP) is 3.32. The second-order valence-corrected chi connectivity index (χ2v) is 4.96. The smallest absolute Gasteiger partial charge is 0.342 e. The van der Waals surface area contributed by atoms with Gasteiger partial charge in [0.25, 0.3) is 0 Å². The highest BCUT2D eigenvalue weighted by Crippen LogP contribution is 2.33. The highest BCUT2D eigenvalue weighted by Gasteiger charge is 2.17. The van der Waals surface area contributed by atoms with Gasteiger partial charge in [0, 0.05) is 5.02 Å². The lowest BCUT2D eigenvalue weighted by Gasteiger charge is -2.00. The molecule has 0 atom stereocenters. The molecule has 0 unspecified atom stereocenters. The number of hydrogen-bond acceptors (Lipinski definition) is 4. The fraction of sp³-hybridized carbons (Fsp3) is 0.0909. The van der Waals surface area contributed by atoms with Crippen molar-refractivity contribution in [1.29, 1.82) is 0 Å². The summed E-state index contributed by atoms with van der Waals surface area (Å²) < 4.78 is 6.03. The Morgan fingerprint density at radius 3 is 3.06 bits per heavy atom. The molecule has 0 aliphatic carbocycles. The van der Waals surface area contributed by atoms with E-state index in [1.807, 2.05) is 6.07 Å². The minimum atomic E-state index is -0.319. The van der Waals surface area contributed by atoms with E-state index in [2.05, 4.69) is 4.98 Å². The molecule has 1 aromatic carbocycles. The van der Waals surface area contributed by atoms with Crippen LogP contribution in [0.2, 0.25) is 5.02 Å². The Kier molecular flexibility index (Phi) is 2.02. The zero-order chi connectivity index (χ0) is 11.3. The summed E-state index contributed by atoms with van der Waals surface area (Å²) in [7, 11) is 0. The lowest BCUT2D eigenvalue weighted by atomic mass is 10.3. The highest BCUT2D eigenvalue weighted by molar-refractivity contribution is 7.21. The quantitative estimate of drug-likeness (QED) is 0.616. The normalized spacial score (nSPS) is 11.4. The van der Waals surface area contributed by atoms with Crippen LogP contribution in [-0.4, -0.2) is 4.98 Å². The van der Waals surface area contributed by atoms with E-state index in [-0.39, 0.29) is 5.63 Å². The molecule has 0 N–H and O–H groups in total. The van der Waals surface area contributed by atoms with Crippen molar-refractivity contribution in [2.75, 3.05) is 0 Å². The van der Waals surface area contributed by atoms with E-state index < -0.39 is 0 Å². The molecule has 0 fully saturated rings. The van der Waals surface area contributed by atoms with Gasteiger partial charge in [0.05, 0.1) is 15.8 Å². The molecule has 80 valence electrons. The van der Waals surface area contributed by atoms with E-state index in [1.165, 1.54) is 11.3 Å².